The highest BCUT2D eigenvalue weighted by Gasteiger charge is 2.33. The van der Waals surface area contributed by atoms with Gasteiger partial charge in [-0.25, -0.2) is 0 Å². The van der Waals surface area contributed by atoms with Crippen LogP contribution in [0.25, 0.3) is 0 Å². The maximum absolute atomic E-state index is 8.75. The van der Waals surface area contributed by atoms with E-state index >= 15 is 0 Å². The third-order valence-corrected chi connectivity index (χ3v) is 1.65. The lowest BCUT2D eigenvalue weighted by Crippen LogP contribution is -2.50. The lowest BCUT2D eigenvalue weighted by Gasteiger charge is -2.28. The molecule has 1 N–H and O–H groups in total. The van der Waals surface area contributed by atoms with Gasteiger partial charge in [0.1, 0.15) is 0 Å². The van der Waals surface area contributed by atoms with Gasteiger partial charge in [-0.05, 0) is 14.0 Å². The first-order valence-corrected chi connectivity index (χ1v) is 3.30. The molecule has 0 aromatic carbocycles. The molecule has 0 radical (unpaired) electrons. The number of nitrogens with one attached hydrogen (secondary N) is 1. The van der Waals surface area contributed by atoms with E-state index in [1.165, 1.54) is 14.2 Å². The molecule has 1 unspecified atom stereocenters. The molecule has 0 saturated carbocycles. The molecule has 0 spiro atoms. The van der Waals surface area contributed by atoms with E-state index in [0.29, 0.717) is 0 Å². The van der Waals surface area contributed by atoms with E-state index in [1.807, 2.05) is 0 Å². The molecule has 0 aromatic heterocycles. The predicted molar refractivity (Wildman–Crippen MR) is 40.9 cm³/mol. The second-order valence-corrected chi connectivity index (χ2v) is 2.37. The van der Waals surface area contributed by atoms with Gasteiger partial charge in [-0.1, -0.05) is 0 Å². The van der Waals surface area contributed by atoms with Gasteiger partial charge in [0.05, 0.1) is 6.07 Å². The number of hydrogen-bond donors (Lipinski definition) is 1. The van der Waals surface area contributed by atoms with Gasteiger partial charge in [0, 0.05) is 14.2 Å². The summed E-state index contributed by atoms with van der Waals surface area (Å²) >= 11 is 0. The maximum atomic E-state index is 8.75. The fraction of sp³-hybridized carbons (Fsp3) is 0.857. The van der Waals surface area contributed by atoms with Gasteiger partial charge in [-0.15, -0.1) is 0 Å². The molecule has 0 aliphatic carbocycles. The first-order valence-electron chi connectivity index (χ1n) is 3.30. The van der Waals surface area contributed by atoms with Gasteiger partial charge in [0.2, 0.25) is 0 Å². The highest BCUT2D eigenvalue weighted by molar-refractivity contribution is 5.05. The number of methoxy groups -OCH3 is 2. The van der Waals surface area contributed by atoms with Crippen molar-refractivity contribution in [3.8, 4) is 6.07 Å². The van der Waals surface area contributed by atoms with Gasteiger partial charge < -0.3 is 9.47 Å². The van der Waals surface area contributed by atoms with Crippen molar-refractivity contribution in [3.63, 3.8) is 0 Å². The minimum Gasteiger partial charge on any atom is -0.353 e. The molecule has 0 amide bonds. The Balaban J connectivity index is 4.35. The van der Waals surface area contributed by atoms with Crippen LogP contribution in [0.5, 0.6) is 0 Å². The summed E-state index contributed by atoms with van der Waals surface area (Å²) in [5.41, 5.74) is -0.788. The van der Waals surface area contributed by atoms with Gasteiger partial charge in [-0.2, -0.15) is 5.26 Å². The average Bonchev–Trinajstić information content (AvgIpc) is 2.06. The van der Waals surface area contributed by atoms with Crippen LogP contribution >= 0.6 is 0 Å². The minimum atomic E-state index is -0.788. The van der Waals surface area contributed by atoms with E-state index in [-0.39, 0.29) is 0 Å². The zero-order chi connectivity index (χ0) is 8.91. The predicted octanol–water partition coefficient (Wildman–Crippen LogP) is 0.107. The number of nitrogens with zero attached hydrogens (tertiary/aromatic N) is 1. The molecule has 0 aromatic rings. The zero-order valence-corrected chi connectivity index (χ0v) is 7.34. The van der Waals surface area contributed by atoms with E-state index in [2.05, 4.69) is 11.4 Å². The summed E-state index contributed by atoms with van der Waals surface area (Å²) in [4.78, 5) is 0. The molecule has 4 heteroatoms. The Labute approximate surface area is 67.1 Å². The highest BCUT2D eigenvalue weighted by atomic mass is 16.7. The smallest absolute Gasteiger partial charge is 0.188 e. The van der Waals surface area contributed by atoms with Crippen molar-refractivity contribution < 1.29 is 9.47 Å². The Morgan fingerprint density at radius 1 is 1.45 bits per heavy atom. The van der Waals surface area contributed by atoms with Crippen LogP contribution in [0.3, 0.4) is 0 Å². The summed E-state index contributed by atoms with van der Waals surface area (Å²) in [5, 5.41) is 11.6. The molecule has 1 atom stereocenters. The van der Waals surface area contributed by atoms with Crippen molar-refractivity contribution >= 4 is 0 Å². The standard InChI is InChI=1S/C7H14N2O2/c1-7(5-8,9-2)6(10-3)11-4/h6,9H,1-4H3. The highest BCUT2D eigenvalue weighted by Crippen LogP contribution is 2.11. The van der Waals surface area contributed by atoms with Crippen molar-refractivity contribution in [2.45, 2.75) is 18.8 Å². The van der Waals surface area contributed by atoms with Crippen molar-refractivity contribution in [1.29, 1.82) is 5.26 Å². The Kier molecular flexibility index (Phi) is 4.04. The normalized spacial score (nSPS) is 16.0. The molecule has 0 fully saturated rings. The van der Waals surface area contributed by atoms with Crippen LogP contribution in [0.1, 0.15) is 6.92 Å². The topological polar surface area (TPSA) is 54.3 Å². The molecule has 64 valence electrons. The molecule has 0 aliphatic heterocycles. The van der Waals surface area contributed by atoms with Gasteiger partial charge in [0.15, 0.2) is 11.8 Å². The van der Waals surface area contributed by atoms with E-state index in [4.69, 9.17) is 14.7 Å². The molecule has 4 nitrogen and oxygen atoms in total. The minimum absolute atomic E-state index is 0.544. The van der Waals surface area contributed by atoms with Crippen LogP contribution in [0.15, 0.2) is 0 Å². The van der Waals surface area contributed by atoms with Crippen LogP contribution in [0.2, 0.25) is 0 Å². The number of likely N-dealkylation sites (N-methyl/N-ethyl adjacent to an activating group) is 1. The van der Waals surface area contributed by atoms with Crippen molar-refractivity contribution in [2.75, 3.05) is 21.3 Å². The molecular formula is C7H14N2O2. The number of hydrogen-bond acceptors (Lipinski definition) is 4. The monoisotopic (exact) mass is 158 g/mol. The third-order valence-electron chi connectivity index (χ3n) is 1.65. The van der Waals surface area contributed by atoms with Gasteiger partial charge in [0.25, 0.3) is 0 Å². The van der Waals surface area contributed by atoms with Crippen LogP contribution in [-0.2, 0) is 9.47 Å². The summed E-state index contributed by atoms with van der Waals surface area (Å²) < 4.78 is 9.88. The largest absolute Gasteiger partial charge is 0.353 e. The van der Waals surface area contributed by atoms with E-state index in [1.54, 1.807) is 14.0 Å². The third kappa shape index (κ3) is 2.15. The van der Waals surface area contributed by atoms with Crippen molar-refractivity contribution in [1.82, 2.24) is 5.32 Å². The maximum Gasteiger partial charge on any atom is 0.188 e. The van der Waals surface area contributed by atoms with Crippen molar-refractivity contribution in [2.24, 2.45) is 0 Å². The SMILES string of the molecule is CNC(C)(C#N)C(OC)OC. The number of nitriles is 1. The summed E-state index contributed by atoms with van der Waals surface area (Å²) in [7, 11) is 4.69. The van der Waals surface area contributed by atoms with E-state index < -0.39 is 11.8 Å². The Hall–Kier alpha value is -0.630. The molecule has 0 bridgehead atoms. The summed E-state index contributed by atoms with van der Waals surface area (Å²) in [6, 6.07) is 2.07. The fourth-order valence-electron chi connectivity index (χ4n) is 0.794. The van der Waals surface area contributed by atoms with Gasteiger partial charge in [-0.3, -0.25) is 5.32 Å². The molecular weight excluding hydrogens is 144 g/mol. The quantitative estimate of drug-likeness (QED) is 0.590. The summed E-state index contributed by atoms with van der Waals surface area (Å²) in [6.45, 7) is 1.71. The van der Waals surface area contributed by atoms with Crippen LogP contribution in [0, 0.1) is 11.3 Å². The second-order valence-electron chi connectivity index (χ2n) is 2.37. The first-order chi connectivity index (χ1) is 5.14. The molecule has 0 heterocycles. The Morgan fingerprint density at radius 2 is 1.91 bits per heavy atom. The van der Waals surface area contributed by atoms with Crippen LogP contribution in [0.4, 0.5) is 0 Å². The second kappa shape index (κ2) is 4.29. The molecule has 0 rings (SSSR count). The summed E-state index contributed by atoms with van der Waals surface area (Å²) in [6.07, 6.45) is -0.544. The van der Waals surface area contributed by atoms with E-state index in [0.717, 1.165) is 0 Å². The number of rotatable bonds is 4. The number of ether oxygens (including phenoxy) is 2. The van der Waals surface area contributed by atoms with Crippen LogP contribution in [-0.4, -0.2) is 33.1 Å². The average molecular weight is 158 g/mol. The Bertz CT molecular complexity index is 151. The van der Waals surface area contributed by atoms with E-state index in [9.17, 15) is 0 Å². The van der Waals surface area contributed by atoms with Crippen molar-refractivity contribution in [3.05, 3.63) is 0 Å². The molecule has 11 heavy (non-hydrogen) atoms. The Morgan fingerprint density at radius 3 is 2.00 bits per heavy atom. The lowest BCUT2D eigenvalue weighted by atomic mass is 10.1. The molecule has 0 saturated heterocycles. The van der Waals surface area contributed by atoms with Crippen LogP contribution < -0.4 is 5.32 Å². The zero-order valence-electron chi connectivity index (χ0n) is 7.34. The lowest BCUT2D eigenvalue weighted by molar-refractivity contribution is -0.135. The summed E-state index contributed by atoms with van der Waals surface area (Å²) in [5.74, 6) is 0. The fourth-order valence-corrected chi connectivity index (χ4v) is 0.794. The molecule has 0 aliphatic rings. The van der Waals surface area contributed by atoms with Gasteiger partial charge >= 0.3 is 0 Å². The first kappa shape index (κ1) is 10.4.